The van der Waals surface area contributed by atoms with Crippen molar-refractivity contribution in [2.45, 2.75) is 45.3 Å². The van der Waals surface area contributed by atoms with Gasteiger partial charge in [-0.1, -0.05) is 18.2 Å². The summed E-state index contributed by atoms with van der Waals surface area (Å²) >= 11 is 0. The van der Waals surface area contributed by atoms with Crippen LogP contribution in [0.4, 0.5) is 22.0 Å². The van der Waals surface area contributed by atoms with Crippen LogP contribution < -0.4 is 21.3 Å². The van der Waals surface area contributed by atoms with Crippen molar-refractivity contribution in [2.24, 2.45) is 0 Å². The highest BCUT2D eigenvalue weighted by atomic mass is 16.6. The van der Waals surface area contributed by atoms with E-state index >= 15 is 0 Å². The van der Waals surface area contributed by atoms with Gasteiger partial charge in [-0.3, -0.25) is 0 Å². The molecule has 0 aliphatic carbocycles. The topological polar surface area (TPSA) is 92.5 Å². The molecule has 2 heterocycles. The number of para-hydroxylation sites is 1. The van der Waals surface area contributed by atoms with E-state index in [1.165, 1.54) is 0 Å². The van der Waals surface area contributed by atoms with Crippen LogP contribution >= 0.6 is 0 Å². The van der Waals surface area contributed by atoms with Crippen LogP contribution in [0, 0.1) is 0 Å². The molecule has 7 heteroatoms. The second-order valence-corrected chi connectivity index (χ2v) is 7.92. The summed E-state index contributed by atoms with van der Waals surface area (Å²) in [4.78, 5) is 19.0. The number of pyridine rings is 1. The van der Waals surface area contributed by atoms with Crippen LogP contribution in [0.5, 0.6) is 0 Å². The fraction of sp³-hybridized carbons (Fsp3) is 0.500. The Balaban J connectivity index is 1.86. The minimum Gasteiger partial charge on any atom is -0.444 e. The van der Waals surface area contributed by atoms with Crippen molar-refractivity contribution in [3.05, 3.63) is 24.3 Å². The number of nitrogens with two attached hydrogens (primary N) is 1. The van der Waals surface area contributed by atoms with Gasteiger partial charge in [0, 0.05) is 31.6 Å². The van der Waals surface area contributed by atoms with Crippen molar-refractivity contribution in [1.29, 1.82) is 0 Å². The minimum atomic E-state index is -0.508. The van der Waals surface area contributed by atoms with Gasteiger partial charge in [-0.05, 0) is 39.7 Å². The lowest BCUT2D eigenvalue weighted by atomic mass is 10.0. The lowest BCUT2D eigenvalue weighted by Crippen LogP contribution is -2.49. The molecule has 2 aromatic rings. The molecular weight excluding hydrogens is 342 g/mol. The molecule has 146 valence electrons. The van der Waals surface area contributed by atoms with E-state index in [1.807, 2.05) is 52.1 Å². The summed E-state index contributed by atoms with van der Waals surface area (Å²) < 4.78 is 5.40. The number of nitrogen functional groups attached to an aromatic ring is 1. The number of anilines is 3. The maximum absolute atomic E-state index is 12.2. The molecule has 0 radical (unpaired) electrons. The SMILES string of the molecule is CNc1nc2ccccc2c(N2CCC[C@@H](NC(=O)OC(C)(C)C)C2)c1N. The van der Waals surface area contributed by atoms with Crippen molar-refractivity contribution in [1.82, 2.24) is 10.3 Å². The van der Waals surface area contributed by atoms with E-state index < -0.39 is 5.60 Å². The Labute approximate surface area is 160 Å². The molecule has 1 amide bonds. The van der Waals surface area contributed by atoms with Crippen LogP contribution in [-0.2, 0) is 4.74 Å². The number of rotatable bonds is 3. The van der Waals surface area contributed by atoms with E-state index in [4.69, 9.17) is 10.5 Å². The smallest absolute Gasteiger partial charge is 0.407 e. The normalized spacial score (nSPS) is 17.6. The maximum atomic E-state index is 12.2. The van der Waals surface area contributed by atoms with E-state index in [-0.39, 0.29) is 12.1 Å². The zero-order valence-electron chi connectivity index (χ0n) is 16.5. The number of amides is 1. The van der Waals surface area contributed by atoms with Gasteiger partial charge in [0.25, 0.3) is 0 Å². The number of hydrogen-bond donors (Lipinski definition) is 3. The molecule has 1 aromatic carbocycles. The molecule has 1 aromatic heterocycles. The monoisotopic (exact) mass is 371 g/mol. The number of ether oxygens (including phenoxy) is 1. The number of carbonyl (C=O) groups excluding carboxylic acids is 1. The first-order valence-corrected chi connectivity index (χ1v) is 9.39. The van der Waals surface area contributed by atoms with Gasteiger partial charge in [-0.15, -0.1) is 0 Å². The highest BCUT2D eigenvalue weighted by Crippen LogP contribution is 2.37. The Morgan fingerprint density at radius 1 is 1.33 bits per heavy atom. The highest BCUT2D eigenvalue weighted by molar-refractivity contribution is 6.01. The number of nitrogens with zero attached hydrogens (tertiary/aromatic N) is 2. The molecule has 1 saturated heterocycles. The number of piperidine rings is 1. The second-order valence-electron chi connectivity index (χ2n) is 7.92. The molecule has 0 spiro atoms. The summed E-state index contributed by atoms with van der Waals surface area (Å²) in [5.74, 6) is 0.672. The molecule has 1 aliphatic heterocycles. The lowest BCUT2D eigenvalue weighted by Gasteiger charge is -2.36. The van der Waals surface area contributed by atoms with E-state index in [2.05, 4.69) is 20.5 Å². The summed E-state index contributed by atoms with van der Waals surface area (Å²) in [7, 11) is 1.82. The van der Waals surface area contributed by atoms with E-state index in [1.54, 1.807) is 0 Å². The van der Waals surface area contributed by atoms with Crippen LogP contribution in [0.3, 0.4) is 0 Å². The Morgan fingerprint density at radius 2 is 2.07 bits per heavy atom. The van der Waals surface area contributed by atoms with Gasteiger partial charge < -0.3 is 26.0 Å². The van der Waals surface area contributed by atoms with Crippen molar-refractivity contribution in [3.63, 3.8) is 0 Å². The highest BCUT2D eigenvalue weighted by Gasteiger charge is 2.27. The van der Waals surface area contributed by atoms with Gasteiger partial charge in [-0.2, -0.15) is 0 Å². The maximum Gasteiger partial charge on any atom is 0.407 e. The van der Waals surface area contributed by atoms with Gasteiger partial charge in [0.2, 0.25) is 0 Å². The predicted octanol–water partition coefficient (Wildman–Crippen LogP) is 3.35. The number of carbonyl (C=O) groups is 1. The van der Waals surface area contributed by atoms with Gasteiger partial charge in [0.15, 0.2) is 5.82 Å². The summed E-state index contributed by atoms with van der Waals surface area (Å²) in [5, 5.41) is 7.10. The second kappa shape index (κ2) is 7.50. The standard InChI is InChI=1S/C20H29N5O2/c1-20(2,3)27-19(26)23-13-8-7-11-25(12-13)17-14-9-5-6-10-15(14)24-18(22-4)16(17)21/h5-6,9-10,13H,7-8,11-12,21H2,1-4H3,(H,22,24)(H,23,26)/t13-/m1/s1. The summed E-state index contributed by atoms with van der Waals surface area (Å²) in [6.45, 7) is 7.16. The van der Waals surface area contributed by atoms with E-state index in [0.29, 0.717) is 18.1 Å². The van der Waals surface area contributed by atoms with Gasteiger partial charge in [0.1, 0.15) is 5.60 Å². The molecule has 3 rings (SSSR count). The van der Waals surface area contributed by atoms with Crippen LogP contribution in [-0.4, -0.2) is 42.9 Å². The Morgan fingerprint density at radius 3 is 2.78 bits per heavy atom. The zero-order valence-corrected chi connectivity index (χ0v) is 16.5. The summed E-state index contributed by atoms with van der Waals surface area (Å²) in [5.41, 5.74) is 8.44. The molecule has 7 nitrogen and oxygen atoms in total. The number of benzene rings is 1. The fourth-order valence-corrected chi connectivity index (χ4v) is 3.51. The van der Waals surface area contributed by atoms with Crippen molar-refractivity contribution >= 4 is 34.2 Å². The number of aromatic nitrogens is 1. The first-order chi connectivity index (χ1) is 12.8. The number of alkyl carbamates (subject to hydrolysis) is 1. The molecule has 1 aliphatic rings. The first-order valence-electron chi connectivity index (χ1n) is 9.39. The van der Waals surface area contributed by atoms with Crippen molar-refractivity contribution in [2.75, 3.05) is 36.1 Å². The van der Waals surface area contributed by atoms with E-state index in [9.17, 15) is 4.79 Å². The zero-order chi connectivity index (χ0) is 19.6. The number of fused-ring (bicyclic) bond motifs is 1. The van der Waals surface area contributed by atoms with E-state index in [0.717, 1.165) is 36.0 Å². The quantitative estimate of drug-likeness (QED) is 0.766. The number of hydrogen-bond acceptors (Lipinski definition) is 6. The molecular formula is C20H29N5O2. The van der Waals surface area contributed by atoms with Gasteiger partial charge >= 0.3 is 6.09 Å². The van der Waals surface area contributed by atoms with Crippen LogP contribution in [0.25, 0.3) is 10.9 Å². The average Bonchev–Trinajstić information content (AvgIpc) is 2.59. The molecule has 1 atom stereocenters. The van der Waals surface area contributed by atoms with Crippen LogP contribution in [0.1, 0.15) is 33.6 Å². The third-order valence-corrected chi connectivity index (χ3v) is 4.60. The molecule has 0 bridgehead atoms. The Hall–Kier alpha value is -2.70. The lowest BCUT2D eigenvalue weighted by molar-refractivity contribution is 0.0500. The molecule has 4 N–H and O–H groups in total. The third-order valence-electron chi connectivity index (χ3n) is 4.60. The largest absolute Gasteiger partial charge is 0.444 e. The Kier molecular flexibility index (Phi) is 5.30. The average molecular weight is 371 g/mol. The molecule has 1 fully saturated rings. The van der Waals surface area contributed by atoms with Gasteiger partial charge in [-0.25, -0.2) is 9.78 Å². The fourth-order valence-electron chi connectivity index (χ4n) is 3.51. The van der Waals surface area contributed by atoms with Crippen molar-refractivity contribution in [3.8, 4) is 0 Å². The van der Waals surface area contributed by atoms with Crippen LogP contribution in [0.15, 0.2) is 24.3 Å². The first kappa shape index (κ1) is 19.1. The van der Waals surface area contributed by atoms with Crippen molar-refractivity contribution < 1.29 is 9.53 Å². The molecule has 0 unspecified atom stereocenters. The minimum absolute atomic E-state index is 0.0120. The predicted molar refractivity (Wildman–Crippen MR) is 110 cm³/mol. The molecule has 27 heavy (non-hydrogen) atoms. The van der Waals surface area contributed by atoms with Crippen LogP contribution in [0.2, 0.25) is 0 Å². The summed E-state index contributed by atoms with van der Waals surface area (Å²) in [6, 6.07) is 8.00. The Bertz CT molecular complexity index is 831. The molecule has 0 saturated carbocycles. The summed E-state index contributed by atoms with van der Waals surface area (Å²) in [6.07, 6.45) is 1.50. The van der Waals surface area contributed by atoms with Gasteiger partial charge in [0.05, 0.1) is 16.9 Å². The third kappa shape index (κ3) is 4.35. The number of nitrogens with one attached hydrogen (secondary N) is 2.